The van der Waals surface area contributed by atoms with Crippen molar-refractivity contribution in [3.8, 4) is 17.0 Å². The van der Waals surface area contributed by atoms with Crippen LogP contribution in [0.25, 0.3) is 11.3 Å². The number of nitrogen functional groups attached to an aromatic ring is 1. The van der Waals surface area contributed by atoms with Crippen LogP contribution >= 0.6 is 0 Å². The van der Waals surface area contributed by atoms with E-state index >= 15 is 0 Å². The van der Waals surface area contributed by atoms with Crippen LogP contribution in [0.4, 0.5) is 23.8 Å². The summed E-state index contributed by atoms with van der Waals surface area (Å²) in [5.41, 5.74) is 6.48. The van der Waals surface area contributed by atoms with Gasteiger partial charge in [-0.25, -0.2) is 9.78 Å². The lowest BCUT2D eigenvalue weighted by Gasteiger charge is -2.26. The molecule has 2 aliphatic rings. The van der Waals surface area contributed by atoms with Crippen LogP contribution < -0.4 is 10.5 Å². The highest BCUT2D eigenvalue weighted by Gasteiger charge is 2.47. The summed E-state index contributed by atoms with van der Waals surface area (Å²) >= 11 is 0. The number of ether oxygens (including phenoxy) is 2. The van der Waals surface area contributed by atoms with Crippen molar-refractivity contribution in [2.24, 2.45) is 0 Å². The molecule has 1 amide bonds. The number of likely N-dealkylation sites (tertiary alicyclic amines) is 1. The number of carbonyl (C=O) groups excluding carboxylic acids is 1. The van der Waals surface area contributed by atoms with Crippen LogP contribution in [0.1, 0.15) is 39.3 Å². The minimum Gasteiger partial charge on any atom is -0.444 e. The number of alkyl halides is 3. The Morgan fingerprint density at radius 3 is 2.58 bits per heavy atom. The molecule has 0 bridgehead atoms. The lowest BCUT2D eigenvalue weighted by Crippen LogP contribution is -2.37. The van der Waals surface area contributed by atoms with E-state index in [-0.39, 0.29) is 17.3 Å². The molecule has 168 valence electrons. The van der Waals surface area contributed by atoms with Gasteiger partial charge in [-0.05, 0) is 45.7 Å². The number of aryl methyl sites for hydroxylation is 1. The van der Waals surface area contributed by atoms with Gasteiger partial charge in [0.1, 0.15) is 5.60 Å². The summed E-state index contributed by atoms with van der Waals surface area (Å²) in [5, 5.41) is 4.54. The quantitative estimate of drug-likeness (QED) is 0.767. The number of hydrogen-bond acceptors (Lipinski definition) is 6. The van der Waals surface area contributed by atoms with Crippen molar-refractivity contribution in [2.75, 3.05) is 18.8 Å². The van der Waals surface area contributed by atoms with Gasteiger partial charge in [0, 0.05) is 42.5 Å². The molecule has 1 spiro atoms. The maximum Gasteiger partial charge on any atom is 0.573 e. The molecule has 1 fully saturated rings. The van der Waals surface area contributed by atoms with E-state index in [0.29, 0.717) is 30.9 Å². The minimum atomic E-state index is -4.87. The second-order valence-corrected chi connectivity index (χ2v) is 8.98. The van der Waals surface area contributed by atoms with Gasteiger partial charge in [0.15, 0.2) is 11.6 Å². The summed E-state index contributed by atoms with van der Waals surface area (Å²) < 4.78 is 49.2. The Kier molecular flexibility index (Phi) is 4.82. The molecule has 11 heteroatoms. The van der Waals surface area contributed by atoms with E-state index in [1.165, 1.54) is 12.3 Å². The van der Waals surface area contributed by atoms with Gasteiger partial charge in [0.2, 0.25) is 0 Å². The molecular formula is C20H24F3N5O3. The van der Waals surface area contributed by atoms with Crippen LogP contribution in [0.5, 0.6) is 5.75 Å². The number of hydrogen-bond donors (Lipinski definition) is 1. The number of aromatic nitrogens is 3. The molecule has 0 saturated carbocycles. The summed E-state index contributed by atoms with van der Waals surface area (Å²) in [7, 11) is 0. The average Bonchev–Trinajstić information content (AvgIpc) is 3.31. The minimum absolute atomic E-state index is 0.255. The van der Waals surface area contributed by atoms with E-state index in [2.05, 4.69) is 14.8 Å². The highest BCUT2D eigenvalue weighted by molar-refractivity contribution is 5.69. The molecule has 31 heavy (non-hydrogen) atoms. The Bertz CT molecular complexity index is 1010. The van der Waals surface area contributed by atoms with Crippen molar-refractivity contribution in [3.05, 3.63) is 24.0 Å². The number of nitrogens with zero attached hydrogens (tertiary/aromatic N) is 4. The lowest BCUT2D eigenvalue weighted by molar-refractivity contribution is -0.274. The van der Waals surface area contributed by atoms with Crippen LogP contribution in [0, 0.1) is 0 Å². The molecule has 1 saturated heterocycles. The summed E-state index contributed by atoms with van der Waals surface area (Å²) in [6.45, 7) is 7.21. The van der Waals surface area contributed by atoms with Crippen molar-refractivity contribution < 1.29 is 27.4 Å². The van der Waals surface area contributed by atoms with E-state index in [1.807, 2.05) is 31.5 Å². The number of amides is 1. The molecule has 4 heterocycles. The zero-order chi connectivity index (χ0) is 22.6. The van der Waals surface area contributed by atoms with Gasteiger partial charge in [0.25, 0.3) is 0 Å². The molecule has 0 unspecified atom stereocenters. The Morgan fingerprint density at radius 1 is 1.19 bits per heavy atom. The third-order valence-electron chi connectivity index (χ3n) is 5.53. The fourth-order valence-corrected chi connectivity index (χ4v) is 4.17. The molecule has 2 N–H and O–H groups in total. The largest absolute Gasteiger partial charge is 0.573 e. The molecule has 4 rings (SSSR count). The molecule has 2 aromatic heterocycles. The molecule has 0 aliphatic carbocycles. The fraction of sp³-hybridized carbons (Fsp3) is 0.550. The number of anilines is 1. The van der Waals surface area contributed by atoms with Crippen LogP contribution in [0.2, 0.25) is 0 Å². The third kappa shape index (κ3) is 4.26. The van der Waals surface area contributed by atoms with Crippen molar-refractivity contribution in [1.29, 1.82) is 0 Å². The average molecular weight is 439 g/mol. The highest BCUT2D eigenvalue weighted by atomic mass is 19.4. The normalized spacial score (nSPS) is 20.9. The molecule has 2 aromatic rings. The summed E-state index contributed by atoms with van der Waals surface area (Å²) in [4.78, 5) is 18.0. The predicted octanol–water partition coefficient (Wildman–Crippen LogP) is 3.71. The van der Waals surface area contributed by atoms with E-state index in [4.69, 9.17) is 10.5 Å². The summed E-state index contributed by atoms with van der Waals surface area (Å²) in [6, 6.07) is 3.03. The van der Waals surface area contributed by atoms with Gasteiger partial charge < -0.3 is 20.1 Å². The second-order valence-electron chi connectivity index (χ2n) is 8.98. The summed E-state index contributed by atoms with van der Waals surface area (Å²) in [5.74, 6) is -0.919. The van der Waals surface area contributed by atoms with Crippen LogP contribution in [-0.2, 0) is 16.7 Å². The second kappa shape index (κ2) is 7.03. The number of fused-ring (bicyclic) bond motifs is 2. The molecular weight excluding hydrogens is 415 g/mol. The van der Waals surface area contributed by atoms with Gasteiger partial charge in [-0.1, -0.05) is 0 Å². The zero-order valence-electron chi connectivity index (χ0n) is 17.5. The van der Waals surface area contributed by atoms with E-state index in [1.54, 1.807) is 4.90 Å². The third-order valence-corrected chi connectivity index (χ3v) is 5.53. The first-order valence-electron chi connectivity index (χ1n) is 9.93. The first-order valence-corrected chi connectivity index (χ1v) is 9.93. The number of nitrogens with two attached hydrogens (primary N) is 1. The topological polar surface area (TPSA) is 95.5 Å². The predicted molar refractivity (Wildman–Crippen MR) is 105 cm³/mol. The fourth-order valence-electron chi connectivity index (χ4n) is 4.17. The van der Waals surface area contributed by atoms with Gasteiger partial charge in [0.05, 0.1) is 5.69 Å². The Morgan fingerprint density at radius 2 is 1.90 bits per heavy atom. The number of halogens is 3. The van der Waals surface area contributed by atoms with Crippen molar-refractivity contribution in [2.45, 2.75) is 57.5 Å². The summed E-state index contributed by atoms with van der Waals surface area (Å²) in [6.07, 6.45) is -2.26. The van der Waals surface area contributed by atoms with Gasteiger partial charge in [-0.2, -0.15) is 5.10 Å². The lowest BCUT2D eigenvalue weighted by atomic mass is 9.82. The van der Waals surface area contributed by atoms with Crippen molar-refractivity contribution in [3.63, 3.8) is 0 Å². The van der Waals surface area contributed by atoms with Gasteiger partial charge in [-0.15, -0.1) is 13.2 Å². The standard InChI is InChI=1S/C20H24F3N5O3/c1-18(2,3)31-17(29)27-6-4-19(11-27)5-7-28-15(19)9-13(26-28)12-8-14(16(24)25-10-12)30-20(21,22)23/h8-10H,4-7,11H2,1-3H3,(H2,24,25)/t19-/m1/s1. The van der Waals surface area contributed by atoms with Gasteiger partial charge in [-0.3, -0.25) is 4.68 Å². The first kappa shape index (κ1) is 21.3. The molecule has 0 radical (unpaired) electrons. The Balaban J connectivity index is 1.58. The van der Waals surface area contributed by atoms with E-state index in [0.717, 1.165) is 18.5 Å². The van der Waals surface area contributed by atoms with Crippen LogP contribution in [-0.4, -0.2) is 50.8 Å². The number of rotatable bonds is 2. The number of carbonyl (C=O) groups is 1. The monoisotopic (exact) mass is 439 g/mol. The molecule has 0 aromatic carbocycles. The van der Waals surface area contributed by atoms with Crippen LogP contribution in [0.3, 0.4) is 0 Å². The first-order chi connectivity index (χ1) is 14.4. The smallest absolute Gasteiger partial charge is 0.444 e. The van der Waals surface area contributed by atoms with Gasteiger partial charge >= 0.3 is 12.5 Å². The van der Waals surface area contributed by atoms with E-state index in [9.17, 15) is 18.0 Å². The number of pyridine rings is 1. The van der Waals surface area contributed by atoms with E-state index < -0.39 is 17.7 Å². The van der Waals surface area contributed by atoms with Crippen LogP contribution in [0.15, 0.2) is 18.3 Å². The molecule has 1 atom stereocenters. The van der Waals surface area contributed by atoms with Crippen molar-refractivity contribution in [1.82, 2.24) is 19.7 Å². The SMILES string of the molecule is CC(C)(C)OC(=O)N1CC[C@@]2(CCn3nc(-c4cnc(N)c(OC(F)(F)F)c4)cc32)C1. The zero-order valence-corrected chi connectivity index (χ0v) is 17.5. The maximum absolute atomic E-state index is 12.6. The molecule has 2 aliphatic heterocycles. The maximum atomic E-state index is 12.6. The Labute approximate surface area is 177 Å². The molecule has 8 nitrogen and oxygen atoms in total. The van der Waals surface area contributed by atoms with Crippen molar-refractivity contribution >= 4 is 11.9 Å². The Hall–Kier alpha value is -2.98. The highest BCUT2D eigenvalue weighted by Crippen LogP contribution is 2.44.